The van der Waals surface area contributed by atoms with Crippen molar-refractivity contribution in [3.63, 3.8) is 0 Å². The Labute approximate surface area is 107 Å². The Balaban J connectivity index is 2.29. The van der Waals surface area contributed by atoms with Crippen molar-refractivity contribution < 1.29 is 4.74 Å². The fourth-order valence-corrected chi connectivity index (χ4v) is 2.17. The van der Waals surface area contributed by atoms with Crippen LogP contribution < -0.4 is 10.6 Å². The predicted molar refractivity (Wildman–Crippen MR) is 70.0 cm³/mol. The maximum absolute atomic E-state index is 7.47. The van der Waals surface area contributed by atoms with Crippen LogP contribution in [0.5, 0.6) is 0 Å². The lowest BCUT2D eigenvalue weighted by Crippen LogP contribution is -2.46. The minimum Gasteiger partial charge on any atom is -0.382 e. The molecule has 0 aliphatic carbocycles. The van der Waals surface area contributed by atoms with Gasteiger partial charge in [-0.15, -0.1) is 0 Å². The molecule has 1 aromatic rings. The molecular weight excluding hydrogens is 230 g/mol. The Morgan fingerprint density at radius 3 is 2.56 bits per heavy atom. The van der Waals surface area contributed by atoms with Crippen molar-refractivity contribution in [1.29, 1.82) is 5.41 Å². The highest BCUT2D eigenvalue weighted by Crippen LogP contribution is 2.17. The Morgan fingerprint density at radius 1 is 1.39 bits per heavy atom. The van der Waals surface area contributed by atoms with Crippen LogP contribution in [-0.4, -0.2) is 41.1 Å². The van der Waals surface area contributed by atoms with Crippen molar-refractivity contribution in [3.8, 4) is 0 Å². The van der Waals surface area contributed by atoms with E-state index in [-0.39, 0.29) is 18.0 Å². The predicted octanol–water partition coefficient (Wildman–Crippen LogP) is 0.683. The second-order valence-electron chi connectivity index (χ2n) is 4.77. The monoisotopic (exact) mass is 249 g/mol. The van der Waals surface area contributed by atoms with Gasteiger partial charge in [-0.3, -0.25) is 5.41 Å². The first-order valence-corrected chi connectivity index (χ1v) is 6.06. The topological polar surface area (TPSA) is 88.1 Å². The van der Waals surface area contributed by atoms with Gasteiger partial charge in [0.2, 0.25) is 5.95 Å². The molecular formula is C12H19N5O. The van der Waals surface area contributed by atoms with E-state index in [4.69, 9.17) is 15.9 Å². The molecule has 98 valence electrons. The van der Waals surface area contributed by atoms with Gasteiger partial charge in [0.05, 0.1) is 12.2 Å². The standard InChI is InChI=1S/C12H19N5O/c1-7-4-10(11(13)14)16-12(15-7)17-5-8(2)18-9(3)6-17/h4,8-9H,5-6H2,1-3H3,(H3,13,14)/t8-,9+. The summed E-state index contributed by atoms with van der Waals surface area (Å²) in [6, 6.07) is 1.72. The number of aryl methyl sites for hydroxylation is 1. The van der Waals surface area contributed by atoms with Crippen LogP contribution in [0.3, 0.4) is 0 Å². The summed E-state index contributed by atoms with van der Waals surface area (Å²) in [5.41, 5.74) is 6.78. The number of aromatic nitrogens is 2. The highest BCUT2D eigenvalue weighted by Gasteiger charge is 2.24. The number of nitrogen functional groups attached to an aromatic ring is 1. The van der Waals surface area contributed by atoms with Gasteiger partial charge in [0.15, 0.2) is 0 Å². The molecule has 0 bridgehead atoms. The zero-order valence-electron chi connectivity index (χ0n) is 11.0. The molecule has 1 aliphatic rings. The van der Waals surface area contributed by atoms with Crippen LogP contribution in [0.1, 0.15) is 25.2 Å². The van der Waals surface area contributed by atoms with E-state index in [1.54, 1.807) is 6.07 Å². The van der Waals surface area contributed by atoms with Crippen LogP contribution in [0.15, 0.2) is 6.07 Å². The normalized spacial score (nSPS) is 24.1. The van der Waals surface area contributed by atoms with Crippen molar-refractivity contribution >= 4 is 11.8 Å². The minimum atomic E-state index is -0.0314. The molecule has 1 aliphatic heterocycles. The minimum absolute atomic E-state index is 0.0314. The van der Waals surface area contributed by atoms with E-state index in [9.17, 15) is 0 Å². The van der Waals surface area contributed by atoms with Gasteiger partial charge >= 0.3 is 0 Å². The van der Waals surface area contributed by atoms with E-state index in [0.29, 0.717) is 11.6 Å². The number of ether oxygens (including phenoxy) is 1. The highest BCUT2D eigenvalue weighted by molar-refractivity contribution is 5.93. The van der Waals surface area contributed by atoms with Crippen molar-refractivity contribution in [2.45, 2.75) is 33.0 Å². The third-order valence-electron chi connectivity index (χ3n) is 2.82. The largest absolute Gasteiger partial charge is 0.382 e. The van der Waals surface area contributed by atoms with Crippen molar-refractivity contribution in [2.24, 2.45) is 5.73 Å². The lowest BCUT2D eigenvalue weighted by Gasteiger charge is -2.35. The fraction of sp³-hybridized carbons (Fsp3) is 0.583. The summed E-state index contributed by atoms with van der Waals surface area (Å²) in [4.78, 5) is 10.8. The molecule has 6 nitrogen and oxygen atoms in total. The molecule has 1 aromatic heterocycles. The molecule has 2 atom stereocenters. The van der Waals surface area contributed by atoms with Gasteiger partial charge in [0.1, 0.15) is 11.5 Å². The highest BCUT2D eigenvalue weighted by atomic mass is 16.5. The van der Waals surface area contributed by atoms with Gasteiger partial charge in [-0.1, -0.05) is 0 Å². The van der Waals surface area contributed by atoms with Gasteiger partial charge in [0.25, 0.3) is 0 Å². The smallest absolute Gasteiger partial charge is 0.226 e. The first kappa shape index (κ1) is 12.8. The Bertz CT molecular complexity index is 452. The summed E-state index contributed by atoms with van der Waals surface area (Å²) in [5.74, 6) is 0.596. The van der Waals surface area contributed by atoms with Crippen LogP contribution in [0.25, 0.3) is 0 Å². The number of hydrogen-bond acceptors (Lipinski definition) is 5. The molecule has 18 heavy (non-hydrogen) atoms. The van der Waals surface area contributed by atoms with Gasteiger partial charge in [-0.05, 0) is 26.8 Å². The third-order valence-corrected chi connectivity index (χ3v) is 2.82. The third kappa shape index (κ3) is 2.76. The Morgan fingerprint density at radius 2 is 2.00 bits per heavy atom. The number of rotatable bonds is 2. The van der Waals surface area contributed by atoms with E-state index in [2.05, 4.69) is 14.9 Å². The first-order chi connectivity index (χ1) is 8.45. The van der Waals surface area contributed by atoms with Crippen LogP contribution in [-0.2, 0) is 4.74 Å². The maximum atomic E-state index is 7.47. The second kappa shape index (κ2) is 4.89. The molecule has 2 heterocycles. The number of amidine groups is 1. The molecule has 1 saturated heterocycles. The molecule has 3 N–H and O–H groups in total. The van der Waals surface area contributed by atoms with Crippen molar-refractivity contribution in [3.05, 3.63) is 17.5 Å². The molecule has 1 fully saturated rings. The van der Waals surface area contributed by atoms with Crippen LogP contribution >= 0.6 is 0 Å². The van der Waals surface area contributed by atoms with Gasteiger partial charge in [0, 0.05) is 18.8 Å². The zero-order chi connectivity index (χ0) is 13.3. The van der Waals surface area contributed by atoms with E-state index in [1.807, 2.05) is 20.8 Å². The zero-order valence-corrected chi connectivity index (χ0v) is 11.0. The van der Waals surface area contributed by atoms with Crippen LogP contribution in [0.2, 0.25) is 0 Å². The summed E-state index contributed by atoms with van der Waals surface area (Å²) in [7, 11) is 0. The van der Waals surface area contributed by atoms with Gasteiger partial charge < -0.3 is 15.4 Å². The Hall–Kier alpha value is -1.69. The molecule has 2 rings (SSSR count). The second-order valence-corrected chi connectivity index (χ2v) is 4.77. The van der Waals surface area contributed by atoms with E-state index >= 15 is 0 Å². The average Bonchev–Trinajstić information content (AvgIpc) is 2.26. The quantitative estimate of drug-likeness (QED) is 0.594. The van der Waals surface area contributed by atoms with Crippen molar-refractivity contribution in [2.75, 3.05) is 18.0 Å². The molecule has 0 radical (unpaired) electrons. The maximum Gasteiger partial charge on any atom is 0.226 e. The van der Waals surface area contributed by atoms with E-state index < -0.39 is 0 Å². The Kier molecular flexibility index (Phi) is 3.47. The summed E-state index contributed by atoms with van der Waals surface area (Å²) in [5, 5.41) is 7.47. The van der Waals surface area contributed by atoms with E-state index in [1.165, 1.54) is 0 Å². The first-order valence-electron chi connectivity index (χ1n) is 6.06. The number of nitrogens with two attached hydrogens (primary N) is 1. The SMILES string of the molecule is Cc1cc(C(=N)N)nc(N2C[C@@H](C)O[C@@H](C)C2)n1. The van der Waals surface area contributed by atoms with Crippen LogP contribution in [0, 0.1) is 12.3 Å². The molecule has 0 aromatic carbocycles. The number of hydrogen-bond donors (Lipinski definition) is 2. The molecule has 0 unspecified atom stereocenters. The molecule has 0 amide bonds. The fourth-order valence-electron chi connectivity index (χ4n) is 2.17. The number of nitrogens with zero attached hydrogens (tertiary/aromatic N) is 3. The van der Waals surface area contributed by atoms with Crippen LogP contribution in [0.4, 0.5) is 5.95 Å². The lowest BCUT2D eigenvalue weighted by atomic mass is 10.2. The molecule has 6 heteroatoms. The number of anilines is 1. The number of nitrogens with one attached hydrogen (secondary N) is 1. The van der Waals surface area contributed by atoms with Gasteiger partial charge in [-0.2, -0.15) is 0 Å². The summed E-state index contributed by atoms with van der Waals surface area (Å²) in [6.07, 6.45) is 0.303. The summed E-state index contributed by atoms with van der Waals surface area (Å²) in [6.45, 7) is 7.45. The van der Waals surface area contributed by atoms with E-state index in [0.717, 1.165) is 18.8 Å². The lowest BCUT2D eigenvalue weighted by molar-refractivity contribution is -0.00573. The number of morpholine rings is 1. The molecule has 0 saturated carbocycles. The average molecular weight is 249 g/mol. The van der Waals surface area contributed by atoms with Crippen molar-refractivity contribution in [1.82, 2.24) is 9.97 Å². The van der Waals surface area contributed by atoms with Gasteiger partial charge in [-0.25, -0.2) is 9.97 Å². The summed E-state index contributed by atoms with van der Waals surface area (Å²) >= 11 is 0. The summed E-state index contributed by atoms with van der Waals surface area (Å²) < 4.78 is 5.68. The molecule has 0 spiro atoms.